The number of carbonyl (C=O) groups excluding carboxylic acids is 2. The Labute approximate surface area is 146 Å². The van der Waals surface area contributed by atoms with Crippen molar-refractivity contribution >= 4 is 50.0 Å². The fourth-order valence-electron chi connectivity index (χ4n) is 1.94. The van der Waals surface area contributed by atoms with Crippen LogP contribution in [0.25, 0.3) is 0 Å². The number of anilines is 2. The minimum absolute atomic E-state index is 0.207. The number of thiazole rings is 1. The maximum absolute atomic E-state index is 12.3. The molecule has 1 atom stereocenters. The van der Waals surface area contributed by atoms with Gasteiger partial charge in [0.2, 0.25) is 5.91 Å². The lowest BCUT2D eigenvalue weighted by molar-refractivity contribution is -0.117. The van der Waals surface area contributed by atoms with Gasteiger partial charge in [0.25, 0.3) is 0 Å². The molecule has 0 unspecified atom stereocenters. The van der Waals surface area contributed by atoms with Crippen molar-refractivity contribution in [1.29, 1.82) is 0 Å². The summed E-state index contributed by atoms with van der Waals surface area (Å²) in [6, 6.07) is 4.68. The number of hydrogen-bond acceptors (Lipinski definition) is 6. The summed E-state index contributed by atoms with van der Waals surface area (Å²) in [5.41, 5.74) is 0.906. The Morgan fingerprint density at radius 3 is 2.83 bits per heavy atom. The van der Waals surface area contributed by atoms with Crippen molar-refractivity contribution < 1.29 is 14.3 Å². The maximum atomic E-state index is 12.3. The van der Waals surface area contributed by atoms with Gasteiger partial charge in [0.05, 0.1) is 12.7 Å². The number of rotatable bonds is 6. The number of ether oxygens (including phenoxy) is 1. The van der Waals surface area contributed by atoms with Crippen LogP contribution in [0.3, 0.4) is 0 Å². The van der Waals surface area contributed by atoms with Crippen LogP contribution in [0, 0.1) is 0 Å². The van der Waals surface area contributed by atoms with Crippen molar-refractivity contribution in [2.24, 2.45) is 0 Å². The van der Waals surface area contributed by atoms with Crippen LogP contribution in [0.1, 0.15) is 23.7 Å². The normalized spacial score (nSPS) is 11.6. The largest absolute Gasteiger partial charge is 0.465 e. The number of methoxy groups -OCH3 is 1. The molecular weight excluding hydrogens is 382 g/mol. The van der Waals surface area contributed by atoms with Crippen LogP contribution in [-0.2, 0) is 9.53 Å². The molecular formula is C15H16BrN3O3S. The van der Waals surface area contributed by atoms with Crippen LogP contribution in [0.15, 0.2) is 34.2 Å². The molecule has 122 valence electrons. The Hall–Kier alpha value is -1.93. The van der Waals surface area contributed by atoms with E-state index < -0.39 is 12.0 Å². The zero-order valence-electron chi connectivity index (χ0n) is 12.6. The van der Waals surface area contributed by atoms with Crippen molar-refractivity contribution in [3.8, 4) is 0 Å². The van der Waals surface area contributed by atoms with Gasteiger partial charge in [0, 0.05) is 21.7 Å². The Balaban J connectivity index is 2.18. The quantitative estimate of drug-likeness (QED) is 0.728. The number of nitrogens with zero attached hydrogens (tertiary/aromatic N) is 1. The van der Waals surface area contributed by atoms with Crippen LogP contribution in [0.4, 0.5) is 10.8 Å². The van der Waals surface area contributed by atoms with Crippen molar-refractivity contribution in [2.45, 2.75) is 19.4 Å². The summed E-state index contributed by atoms with van der Waals surface area (Å²) in [6.07, 6.45) is 2.17. The molecule has 0 aliphatic rings. The SMILES string of the molecule is CC[C@@H](Nc1ccc(Br)cc1C(=O)OC)C(=O)Nc1nccs1. The monoisotopic (exact) mass is 397 g/mol. The summed E-state index contributed by atoms with van der Waals surface area (Å²) >= 11 is 4.67. The van der Waals surface area contributed by atoms with Gasteiger partial charge in [-0.15, -0.1) is 11.3 Å². The standard InChI is InChI=1S/C15H16BrN3O3S/c1-3-11(13(20)19-15-17-6-7-23-15)18-12-5-4-9(16)8-10(12)14(21)22-2/h4-8,11,18H,3H2,1-2H3,(H,17,19,20)/t11-/m1/s1. The molecule has 2 aromatic rings. The second-order valence-electron chi connectivity index (χ2n) is 4.61. The fourth-order valence-corrected chi connectivity index (χ4v) is 2.83. The number of nitrogens with one attached hydrogen (secondary N) is 2. The van der Waals surface area contributed by atoms with E-state index in [1.54, 1.807) is 29.8 Å². The molecule has 0 aliphatic carbocycles. The first kappa shape index (κ1) is 17.4. The van der Waals surface area contributed by atoms with E-state index in [1.165, 1.54) is 18.4 Å². The molecule has 0 saturated carbocycles. The molecule has 0 radical (unpaired) electrons. The Morgan fingerprint density at radius 2 is 2.22 bits per heavy atom. The highest BCUT2D eigenvalue weighted by Crippen LogP contribution is 2.23. The van der Waals surface area contributed by atoms with E-state index in [2.05, 4.69) is 31.5 Å². The average molecular weight is 398 g/mol. The maximum Gasteiger partial charge on any atom is 0.340 e. The number of benzene rings is 1. The highest BCUT2D eigenvalue weighted by Gasteiger charge is 2.20. The molecule has 0 spiro atoms. The van der Waals surface area contributed by atoms with Crippen LogP contribution in [0.5, 0.6) is 0 Å². The second kappa shape index (κ2) is 8.07. The lowest BCUT2D eigenvalue weighted by atomic mass is 10.1. The van der Waals surface area contributed by atoms with Crippen molar-refractivity contribution in [3.05, 3.63) is 39.8 Å². The molecule has 0 saturated heterocycles. The van der Waals surface area contributed by atoms with Crippen LogP contribution < -0.4 is 10.6 Å². The van der Waals surface area contributed by atoms with Gasteiger partial charge in [-0.25, -0.2) is 9.78 Å². The summed E-state index contributed by atoms with van der Waals surface area (Å²) in [5.74, 6) is -0.676. The van der Waals surface area contributed by atoms with E-state index in [-0.39, 0.29) is 5.91 Å². The Morgan fingerprint density at radius 1 is 1.43 bits per heavy atom. The first-order valence-corrected chi connectivity index (χ1v) is 8.57. The third-order valence-electron chi connectivity index (χ3n) is 3.10. The molecule has 1 aromatic carbocycles. The first-order valence-electron chi connectivity index (χ1n) is 6.90. The predicted octanol–water partition coefficient (Wildman–Crippen LogP) is 3.52. The molecule has 1 amide bonds. The molecule has 6 nitrogen and oxygen atoms in total. The van der Waals surface area contributed by atoms with Gasteiger partial charge in [0.15, 0.2) is 5.13 Å². The average Bonchev–Trinajstić information content (AvgIpc) is 3.05. The van der Waals surface area contributed by atoms with Crippen LogP contribution in [0.2, 0.25) is 0 Å². The summed E-state index contributed by atoms with van der Waals surface area (Å²) in [4.78, 5) is 28.3. The summed E-state index contributed by atoms with van der Waals surface area (Å²) in [6.45, 7) is 1.88. The Kier molecular flexibility index (Phi) is 6.12. The molecule has 0 aliphatic heterocycles. The van der Waals surface area contributed by atoms with Gasteiger partial charge < -0.3 is 15.4 Å². The Bertz CT molecular complexity index is 691. The summed E-state index contributed by atoms with van der Waals surface area (Å²) < 4.78 is 5.54. The molecule has 0 bridgehead atoms. The first-order chi connectivity index (χ1) is 11.0. The van der Waals surface area contributed by atoms with E-state index in [0.717, 1.165) is 4.47 Å². The number of hydrogen-bond donors (Lipinski definition) is 2. The predicted molar refractivity (Wildman–Crippen MR) is 93.9 cm³/mol. The third kappa shape index (κ3) is 4.52. The number of esters is 1. The topological polar surface area (TPSA) is 80.3 Å². The number of aromatic nitrogens is 1. The second-order valence-corrected chi connectivity index (χ2v) is 6.42. The van der Waals surface area contributed by atoms with Gasteiger partial charge in [-0.2, -0.15) is 0 Å². The lowest BCUT2D eigenvalue weighted by Crippen LogP contribution is -2.34. The van der Waals surface area contributed by atoms with Gasteiger partial charge in [-0.05, 0) is 24.6 Å². The van der Waals surface area contributed by atoms with E-state index >= 15 is 0 Å². The summed E-state index contributed by atoms with van der Waals surface area (Å²) in [7, 11) is 1.32. The lowest BCUT2D eigenvalue weighted by Gasteiger charge is -2.19. The van der Waals surface area contributed by atoms with Crippen LogP contribution >= 0.6 is 27.3 Å². The van der Waals surface area contributed by atoms with Gasteiger partial charge >= 0.3 is 5.97 Å². The van der Waals surface area contributed by atoms with E-state index in [1.807, 2.05) is 6.92 Å². The third-order valence-corrected chi connectivity index (χ3v) is 4.29. The molecule has 1 heterocycles. The zero-order valence-corrected chi connectivity index (χ0v) is 15.0. The van der Waals surface area contributed by atoms with Gasteiger partial charge in [-0.3, -0.25) is 4.79 Å². The minimum Gasteiger partial charge on any atom is -0.465 e. The van der Waals surface area contributed by atoms with Crippen LogP contribution in [-0.4, -0.2) is 30.0 Å². The molecule has 2 N–H and O–H groups in total. The minimum atomic E-state index is -0.497. The van der Waals surface area contributed by atoms with E-state index in [4.69, 9.17) is 4.74 Å². The van der Waals surface area contributed by atoms with Crippen molar-refractivity contribution in [2.75, 3.05) is 17.7 Å². The number of halogens is 1. The molecule has 8 heteroatoms. The van der Waals surface area contributed by atoms with Gasteiger partial charge in [0.1, 0.15) is 6.04 Å². The smallest absolute Gasteiger partial charge is 0.340 e. The summed E-state index contributed by atoms with van der Waals surface area (Å²) in [5, 5.41) is 8.17. The number of carbonyl (C=O) groups is 2. The van der Waals surface area contributed by atoms with Crippen molar-refractivity contribution in [1.82, 2.24) is 4.98 Å². The fraction of sp³-hybridized carbons (Fsp3) is 0.267. The van der Waals surface area contributed by atoms with E-state index in [9.17, 15) is 9.59 Å². The molecule has 23 heavy (non-hydrogen) atoms. The molecule has 1 aromatic heterocycles. The zero-order chi connectivity index (χ0) is 16.8. The highest BCUT2D eigenvalue weighted by atomic mass is 79.9. The van der Waals surface area contributed by atoms with Gasteiger partial charge in [-0.1, -0.05) is 22.9 Å². The number of amides is 1. The highest BCUT2D eigenvalue weighted by molar-refractivity contribution is 9.10. The van der Waals surface area contributed by atoms with Crippen molar-refractivity contribution in [3.63, 3.8) is 0 Å². The molecule has 0 fully saturated rings. The molecule has 2 rings (SSSR count). The van der Waals surface area contributed by atoms with E-state index in [0.29, 0.717) is 22.8 Å².